The summed E-state index contributed by atoms with van der Waals surface area (Å²) in [5, 5.41) is 2.44. The van der Waals surface area contributed by atoms with E-state index in [1.54, 1.807) is 0 Å². The van der Waals surface area contributed by atoms with Gasteiger partial charge in [0, 0.05) is 6.54 Å². The zero-order valence-corrected chi connectivity index (χ0v) is 9.43. The van der Waals surface area contributed by atoms with Crippen molar-refractivity contribution in [3.8, 4) is 0 Å². The third kappa shape index (κ3) is 4.44. The van der Waals surface area contributed by atoms with Crippen LogP contribution in [-0.2, 0) is 4.74 Å². The van der Waals surface area contributed by atoms with Gasteiger partial charge in [0.05, 0.1) is 0 Å². The molecule has 2 rings (SSSR count). The molecule has 2 aliphatic rings. The van der Waals surface area contributed by atoms with Crippen LogP contribution in [0.25, 0.3) is 0 Å². The molecule has 0 spiro atoms. The first-order valence-electron chi connectivity index (χ1n) is 5.93. The highest BCUT2D eigenvalue weighted by molar-refractivity contribution is 5.67. The number of alkyl halides is 3. The summed E-state index contributed by atoms with van der Waals surface area (Å²) in [4.78, 5) is 11.0. The Labute approximate surface area is 97.7 Å². The summed E-state index contributed by atoms with van der Waals surface area (Å²) in [6.45, 7) is -1.07. The molecule has 2 fully saturated rings. The molecule has 0 aromatic heterocycles. The van der Waals surface area contributed by atoms with E-state index in [2.05, 4.69) is 10.1 Å². The van der Waals surface area contributed by atoms with Gasteiger partial charge < -0.3 is 10.1 Å². The number of carbonyl (C=O) groups is 1. The Kier molecular flexibility index (Phi) is 3.49. The summed E-state index contributed by atoms with van der Waals surface area (Å²) in [6.07, 6.45) is -0.695. The van der Waals surface area contributed by atoms with E-state index < -0.39 is 18.9 Å². The molecular formula is C11H16F3NO2. The molecule has 2 saturated carbocycles. The fourth-order valence-corrected chi connectivity index (χ4v) is 2.17. The molecule has 17 heavy (non-hydrogen) atoms. The zero-order valence-electron chi connectivity index (χ0n) is 9.43. The van der Waals surface area contributed by atoms with Crippen molar-refractivity contribution in [2.45, 2.75) is 31.9 Å². The number of carbonyl (C=O) groups excluding carboxylic acids is 1. The summed E-state index contributed by atoms with van der Waals surface area (Å²) in [7, 11) is 0. The van der Waals surface area contributed by atoms with Crippen molar-refractivity contribution in [1.82, 2.24) is 5.32 Å². The van der Waals surface area contributed by atoms with Gasteiger partial charge in [0.1, 0.15) is 0 Å². The van der Waals surface area contributed by atoms with Gasteiger partial charge in [-0.1, -0.05) is 0 Å². The SMILES string of the molecule is O=C(NCC(C1CC1)C1CC1)OCC(F)(F)F. The maximum atomic E-state index is 11.8. The molecule has 0 unspecified atom stereocenters. The van der Waals surface area contributed by atoms with Crippen molar-refractivity contribution >= 4 is 6.09 Å². The van der Waals surface area contributed by atoms with E-state index in [0.29, 0.717) is 24.3 Å². The van der Waals surface area contributed by atoms with Gasteiger partial charge >= 0.3 is 12.3 Å². The fourth-order valence-electron chi connectivity index (χ4n) is 2.17. The maximum Gasteiger partial charge on any atom is 0.422 e. The van der Waals surface area contributed by atoms with Crippen LogP contribution in [0.1, 0.15) is 25.7 Å². The third-order valence-corrected chi connectivity index (χ3v) is 3.30. The second-order valence-electron chi connectivity index (χ2n) is 4.91. The van der Waals surface area contributed by atoms with Crippen molar-refractivity contribution in [3.63, 3.8) is 0 Å². The second kappa shape index (κ2) is 4.74. The molecule has 6 heteroatoms. The van der Waals surface area contributed by atoms with Crippen LogP contribution >= 0.6 is 0 Å². The first kappa shape index (κ1) is 12.5. The first-order valence-corrected chi connectivity index (χ1v) is 5.93. The van der Waals surface area contributed by atoms with Crippen LogP contribution in [0.5, 0.6) is 0 Å². The molecule has 98 valence electrons. The number of ether oxygens (including phenoxy) is 1. The van der Waals surface area contributed by atoms with Crippen molar-refractivity contribution in [2.24, 2.45) is 17.8 Å². The van der Waals surface area contributed by atoms with Crippen molar-refractivity contribution in [1.29, 1.82) is 0 Å². The predicted octanol–water partition coefficient (Wildman–Crippen LogP) is 2.71. The lowest BCUT2D eigenvalue weighted by molar-refractivity contribution is -0.160. The molecule has 0 radical (unpaired) electrons. The standard InChI is InChI=1S/C11H16F3NO2/c12-11(13,14)6-17-10(16)15-5-9(7-1-2-7)8-3-4-8/h7-9H,1-6H2,(H,15,16). The Morgan fingerprint density at radius 1 is 1.24 bits per heavy atom. The number of rotatable bonds is 5. The molecule has 1 N–H and O–H groups in total. The molecule has 0 aromatic rings. The van der Waals surface area contributed by atoms with E-state index in [9.17, 15) is 18.0 Å². The van der Waals surface area contributed by atoms with Gasteiger partial charge in [-0.2, -0.15) is 13.2 Å². The zero-order chi connectivity index (χ0) is 12.5. The van der Waals surface area contributed by atoms with Crippen LogP contribution in [0.4, 0.5) is 18.0 Å². The molecule has 0 aliphatic heterocycles. The Bertz CT molecular complexity index is 273. The third-order valence-electron chi connectivity index (χ3n) is 3.30. The van der Waals surface area contributed by atoms with Crippen molar-refractivity contribution in [3.05, 3.63) is 0 Å². The topological polar surface area (TPSA) is 38.3 Å². The predicted molar refractivity (Wildman–Crippen MR) is 54.3 cm³/mol. The monoisotopic (exact) mass is 251 g/mol. The highest BCUT2D eigenvalue weighted by Crippen LogP contribution is 2.48. The van der Waals surface area contributed by atoms with Crippen LogP contribution < -0.4 is 5.32 Å². The lowest BCUT2D eigenvalue weighted by Gasteiger charge is -2.16. The van der Waals surface area contributed by atoms with Gasteiger partial charge in [0.25, 0.3) is 0 Å². The molecular weight excluding hydrogens is 235 g/mol. The molecule has 1 amide bonds. The number of amides is 1. The lowest BCUT2D eigenvalue weighted by atomic mass is 9.98. The van der Waals surface area contributed by atoms with E-state index in [1.165, 1.54) is 25.7 Å². The van der Waals surface area contributed by atoms with E-state index in [1.807, 2.05) is 0 Å². The Morgan fingerprint density at radius 2 is 1.76 bits per heavy atom. The highest BCUT2D eigenvalue weighted by atomic mass is 19.4. The number of halogens is 3. The van der Waals surface area contributed by atoms with Crippen molar-refractivity contribution in [2.75, 3.05) is 13.2 Å². The maximum absolute atomic E-state index is 11.8. The van der Waals surface area contributed by atoms with E-state index in [4.69, 9.17) is 0 Å². The molecule has 0 heterocycles. The van der Waals surface area contributed by atoms with Crippen LogP contribution in [0, 0.1) is 17.8 Å². The normalized spacial score (nSPS) is 20.5. The van der Waals surface area contributed by atoms with Gasteiger partial charge in [-0.3, -0.25) is 0 Å². The van der Waals surface area contributed by atoms with Gasteiger partial charge in [0.2, 0.25) is 0 Å². The van der Waals surface area contributed by atoms with Gasteiger partial charge in [-0.05, 0) is 43.4 Å². The Morgan fingerprint density at radius 3 is 2.18 bits per heavy atom. The number of hydrogen-bond acceptors (Lipinski definition) is 2. The summed E-state index contributed by atoms with van der Waals surface area (Å²) in [5.74, 6) is 1.75. The quantitative estimate of drug-likeness (QED) is 0.815. The highest BCUT2D eigenvalue weighted by Gasteiger charge is 2.41. The van der Waals surface area contributed by atoms with E-state index >= 15 is 0 Å². The minimum absolute atomic E-state index is 0.438. The van der Waals surface area contributed by atoms with Crippen LogP contribution in [0.2, 0.25) is 0 Å². The average Bonchev–Trinajstić information content (AvgIpc) is 3.06. The van der Waals surface area contributed by atoms with E-state index in [-0.39, 0.29) is 0 Å². The summed E-state index contributed by atoms with van der Waals surface area (Å²) in [5.41, 5.74) is 0. The average molecular weight is 251 g/mol. The Balaban J connectivity index is 1.64. The first-order chi connectivity index (χ1) is 7.96. The molecule has 0 aromatic carbocycles. The fraction of sp³-hybridized carbons (Fsp3) is 0.909. The number of hydrogen-bond donors (Lipinski definition) is 1. The minimum Gasteiger partial charge on any atom is -0.440 e. The smallest absolute Gasteiger partial charge is 0.422 e. The van der Waals surface area contributed by atoms with Crippen LogP contribution in [-0.4, -0.2) is 25.4 Å². The van der Waals surface area contributed by atoms with Gasteiger partial charge in [-0.15, -0.1) is 0 Å². The lowest BCUT2D eigenvalue weighted by Crippen LogP contribution is -2.33. The minimum atomic E-state index is -4.45. The van der Waals surface area contributed by atoms with Crippen molar-refractivity contribution < 1.29 is 22.7 Å². The van der Waals surface area contributed by atoms with Crippen LogP contribution in [0.15, 0.2) is 0 Å². The molecule has 0 atom stereocenters. The van der Waals surface area contributed by atoms with Gasteiger partial charge in [-0.25, -0.2) is 4.79 Å². The largest absolute Gasteiger partial charge is 0.440 e. The number of nitrogens with one attached hydrogen (secondary N) is 1. The molecule has 3 nitrogen and oxygen atoms in total. The summed E-state index contributed by atoms with van der Waals surface area (Å²) in [6, 6.07) is 0. The molecule has 0 bridgehead atoms. The number of alkyl carbamates (subject to hydrolysis) is 1. The van der Waals surface area contributed by atoms with Gasteiger partial charge in [0.15, 0.2) is 6.61 Å². The van der Waals surface area contributed by atoms with E-state index in [0.717, 1.165) is 0 Å². The molecule has 2 aliphatic carbocycles. The molecule has 0 saturated heterocycles. The second-order valence-corrected chi connectivity index (χ2v) is 4.91. The summed E-state index contributed by atoms with van der Waals surface area (Å²) < 4.78 is 39.4. The van der Waals surface area contributed by atoms with Crippen LogP contribution in [0.3, 0.4) is 0 Å². The Hall–Kier alpha value is -0.940. The summed E-state index contributed by atoms with van der Waals surface area (Å²) >= 11 is 0.